The van der Waals surface area contributed by atoms with Gasteiger partial charge >= 0.3 is 5.97 Å². The predicted octanol–water partition coefficient (Wildman–Crippen LogP) is 8.44. The van der Waals surface area contributed by atoms with Gasteiger partial charge in [-0.1, -0.05) is 90.8 Å². The van der Waals surface area contributed by atoms with E-state index in [0.29, 0.717) is 11.6 Å². The monoisotopic (exact) mass is 488 g/mol. The van der Waals surface area contributed by atoms with Crippen LogP contribution < -0.4 is 0 Å². The van der Waals surface area contributed by atoms with E-state index in [-0.39, 0.29) is 5.97 Å². The molecule has 0 aliphatic heterocycles. The molecule has 4 heteroatoms. The molecular weight excluding hydrogens is 463 g/mol. The fourth-order valence-electron chi connectivity index (χ4n) is 4.34. The van der Waals surface area contributed by atoms with Gasteiger partial charge in [0.2, 0.25) is 0 Å². The van der Waals surface area contributed by atoms with E-state index in [0.717, 1.165) is 51.3 Å². The van der Waals surface area contributed by atoms with Crippen LogP contribution in [-0.2, 0) is 16.0 Å². The highest BCUT2D eigenvalue weighted by molar-refractivity contribution is 6.51. The summed E-state index contributed by atoms with van der Waals surface area (Å²) in [6.07, 6.45) is 4.84. The molecule has 0 N–H and O–H groups in total. The van der Waals surface area contributed by atoms with Gasteiger partial charge in [0.15, 0.2) is 0 Å². The molecule has 0 unspecified atom stereocenters. The molecule has 1 aliphatic rings. The van der Waals surface area contributed by atoms with E-state index >= 15 is 0 Å². The van der Waals surface area contributed by atoms with Gasteiger partial charge in [-0.15, -0.1) is 0 Å². The summed E-state index contributed by atoms with van der Waals surface area (Å²) >= 11 is 13.1. The molecule has 34 heavy (non-hydrogen) atoms. The average molecular weight is 489 g/mol. The lowest BCUT2D eigenvalue weighted by Crippen LogP contribution is -1.99. The van der Waals surface area contributed by atoms with Gasteiger partial charge in [-0.05, 0) is 76.1 Å². The number of hydrogen-bond donors (Lipinski definition) is 0. The molecule has 0 aromatic heterocycles. The van der Waals surface area contributed by atoms with Crippen LogP contribution >= 0.6 is 23.2 Å². The highest BCUT2D eigenvalue weighted by atomic mass is 35.5. The van der Waals surface area contributed by atoms with Crippen molar-refractivity contribution in [2.24, 2.45) is 0 Å². The summed E-state index contributed by atoms with van der Waals surface area (Å²) in [6.45, 7) is 4.32. The maximum atomic E-state index is 11.7. The van der Waals surface area contributed by atoms with Crippen molar-refractivity contribution in [3.63, 3.8) is 0 Å². The molecule has 0 atom stereocenters. The topological polar surface area (TPSA) is 26.3 Å². The molecule has 0 amide bonds. The van der Waals surface area contributed by atoms with E-state index in [1.165, 1.54) is 17.2 Å². The Morgan fingerprint density at radius 3 is 2.24 bits per heavy atom. The van der Waals surface area contributed by atoms with E-state index in [9.17, 15) is 4.79 Å². The summed E-state index contributed by atoms with van der Waals surface area (Å²) in [6, 6.07) is 24.5. The largest absolute Gasteiger partial charge is 0.463 e. The molecule has 0 saturated carbocycles. The van der Waals surface area contributed by atoms with Crippen molar-refractivity contribution in [1.82, 2.24) is 0 Å². The van der Waals surface area contributed by atoms with Crippen LogP contribution in [-0.4, -0.2) is 12.6 Å². The Morgan fingerprint density at radius 1 is 0.912 bits per heavy atom. The molecule has 4 rings (SSSR count). The second kappa shape index (κ2) is 10.9. The Hall–Kier alpha value is -3.07. The summed E-state index contributed by atoms with van der Waals surface area (Å²) < 4.78 is 4.98. The van der Waals surface area contributed by atoms with Gasteiger partial charge in [-0.3, -0.25) is 0 Å². The van der Waals surface area contributed by atoms with Crippen molar-refractivity contribution in [3.8, 4) is 0 Å². The van der Waals surface area contributed by atoms with E-state index in [1.54, 1.807) is 13.0 Å². The van der Waals surface area contributed by atoms with E-state index in [1.807, 2.05) is 30.3 Å². The van der Waals surface area contributed by atoms with Crippen LogP contribution in [0.3, 0.4) is 0 Å². The number of carbonyl (C=O) groups excluding carboxylic acids is 1. The second-order valence-corrected chi connectivity index (χ2v) is 8.86. The van der Waals surface area contributed by atoms with Gasteiger partial charge in [0, 0.05) is 17.5 Å². The lowest BCUT2D eigenvalue weighted by atomic mass is 9.87. The number of fused-ring (bicyclic) bond motifs is 1. The van der Waals surface area contributed by atoms with Crippen molar-refractivity contribution in [2.75, 3.05) is 6.61 Å². The molecule has 0 bridgehead atoms. The summed E-state index contributed by atoms with van der Waals surface area (Å²) in [7, 11) is 0. The molecule has 172 valence electrons. The van der Waals surface area contributed by atoms with Gasteiger partial charge in [0.05, 0.1) is 11.6 Å². The van der Waals surface area contributed by atoms with Crippen molar-refractivity contribution < 1.29 is 9.53 Å². The first-order valence-corrected chi connectivity index (χ1v) is 12.2. The van der Waals surface area contributed by atoms with Crippen molar-refractivity contribution >= 4 is 51.4 Å². The molecule has 2 nitrogen and oxygen atoms in total. The van der Waals surface area contributed by atoms with Crippen LogP contribution in [0.25, 0.3) is 22.3 Å². The zero-order valence-electron chi connectivity index (χ0n) is 19.3. The highest BCUT2D eigenvalue weighted by Crippen LogP contribution is 2.45. The first-order valence-electron chi connectivity index (χ1n) is 11.4. The molecule has 3 aromatic rings. The maximum Gasteiger partial charge on any atom is 0.330 e. The minimum absolute atomic E-state index is 0.344. The summed E-state index contributed by atoms with van der Waals surface area (Å²) in [4.78, 5) is 11.7. The van der Waals surface area contributed by atoms with Gasteiger partial charge in [-0.25, -0.2) is 4.79 Å². The smallest absolute Gasteiger partial charge is 0.330 e. The molecular formula is C30H26Cl2O2. The van der Waals surface area contributed by atoms with Crippen LogP contribution in [0, 0.1) is 0 Å². The quantitative estimate of drug-likeness (QED) is 0.189. The third-order valence-electron chi connectivity index (χ3n) is 5.93. The standard InChI is InChI=1S/C30H26Cl2O2/c1-3-25(21-14-16-24(31)17-15-21)29(27-19-23-7-5-6-8-26(23)30(27)32)22-12-9-20(10-13-22)11-18-28(33)34-4-2/h5-18H,3-4,19H2,1-2H3/b18-11+,29-25+. The van der Waals surface area contributed by atoms with Gasteiger partial charge in [-0.2, -0.15) is 0 Å². The van der Waals surface area contributed by atoms with Crippen LogP contribution in [0.5, 0.6) is 0 Å². The molecule has 0 heterocycles. The van der Waals surface area contributed by atoms with Crippen LogP contribution in [0.4, 0.5) is 0 Å². The second-order valence-electron chi connectivity index (χ2n) is 8.05. The molecule has 0 saturated heterocycles. The van der Waals surface area contributed by atoms with Crippen molar-refractivity contribution in [3.05, 3.63) is 117 Å². The number of rotatable bonds is 7. The number of carbonyl (C=O) groups is 1. The van der Waals surface area contributed by atoms with E-state index in [2.05, 4.69) is 49.4 Å². The molecule has 1 aliphatic carbocycles. The fourth-order valence-corrected chi connectivity index (χ4v) is 4.81. The van der Waals surface area contributed by atoms with Crippen molar-refractivity contribution in [1.29, 1.82) is 0 Å². The normalized spacial score (nSPS) is 13.8. The van der Waals surface area contributed by atoms with E-state index in [4.69, 9.17) is 27.9 Å². The van der Waals surface area contributed by atoms with Gasteiger partial charge < -0.3 is 4.74 Å². The molecule has 3 aromatic carbocycles. The lowest BCUT2D eigenvalue weighted by Gasteiger charge is -2.18. The maximum absolute atomic E-state index is 11.7. The Kier molecular flexibility index (Phi) is 7.72. The summed E-state index contributed by atoms with van der Waals surface area (Å²) in [5.74, 6) is -0.344. The third kappa shape index (κ3) is 5.19. The third-order valence-corrected chi connectivity index (χ3v) is 6.62. The Morgan fingerprint density at radius 2 is 1.59 bits per heavy atom. The van der Waals surface area contributed by atoms with Gasteiger partial charge in [0.1, 0.15) is 0 Å². The number of esters is 1. The minimum Gasteiger partial charge on any atom is -0.463 e. The number of hydrogen-bond acceptors (Lipinski definition) is 2. The van der Waals surface area contributed by atoms with Crippen molar-refractivity contribution in [2.45, 2.75) is 26.7 Å². The molecule has 0 radical (unpaired) electrons. The number of ether oxygens (including phenoxy) is 1. The molecule has 0 fully saturated rings. The predicted molar refractivity (Wildman–Crippen MR) is 144 cm³/mol. The molecule has 0 spiro atoms. The summed E-state index contributed by atoms with van der Waals surface area (Å²) in [5.41, 5.74) is 8.96. The van der Waals surface area contributed by atoms with E-state index < -0.39 is 0 Å². The summed E-state index contributed by atoms with van der Waals surface area (Å²) in [5, 5.41) is 1.51. The average Bonchev–Trinajstić information content (AvgIpc) is 3.18. The Labute approximate surface area is 211 Å². The zero-order chi connectivity index (χ0) is 24.1. The zero-order valence-corrected chi connectivity index (χ0v) is 20.8. The van der Waals surface area contributed by atoms with Crippen LogP contribution in [0.15, 0.2) is 84.4 Å². The number of halogens is 2. The Bertz CT molecular complexity index is 1280. The first kappa shape index (κ1) is 24.1. The fraction of sp³-hybridized carbons (Fsp3) is 0.167. The van der Waals surface area contributed by atoms with Gasteiger partial charge in [0.25, 0.3) is 0 Å². The highest BCUT2D eigenvalue weighted by Gasteiger charge is 2.25. The lowest BCUT2D eigenvalue weighted by molar-refractivity contribution is -0.137. The Balaban J connectivity index is 1.82. The van der Waals surface area contributed by atoms with Crippen LogP contribution in [0.1, 0.15) is 48.1 Å². The van der Waals surface area contributed by atoms with Crippen LogP contribution in [0.2, 0.25) is 5.02 Å². The number of benzene rings is 3. The first-order chi connectivity index (χ1) is 16.5. The minimum atomic E-state index is -0.344. The SMILES string of the molecule is CCOC(=O)/C=C/c1ccc(/C(C2=C(Cl)c3ccccc3C2)=C(/CC)c2ccc(Cl)cc2)cc1. The number of allylic oxidation sites excluding steroid dienone is 3.